The van der Waals surface area contributed by atoms with Gasteiger partial charge in [-0.3, -0.25) is 0 Å². The van der Waals surface area contributed by atoms with Crippen LogP contribution in [0.25, 0.3) is 11.0 Å². The van der Waals surface area contributed by atoms with Gasteiger partial charge in [0.05, 0.1) is 0 Å². The number of phenolic OH excluding ortho intramolecular Hbond substituents is 1. The lowest BCUT2D eigenvalue weighted by molar-refractivity contribution is 0.297. The Balaban J connectivity index is 2.59. The van der Waals surface area contributed by atoms with Crippen molar-refractivity contribution in [3.63, 3.8) is 0 Å². The number of aromatic hydroxyl groups is 1. The van der Waals surface area contributed by atoms with E-state index in [-0.39, 0.29) is 12.4 Å². The molecule has 1 aromatic carbocycles. The van der Waals surface area contributed by atoms with Crippen molar-refractivity contribution in [1.82, 2.24) is 15.4 Å². The quantitative estimate of drug-likeness (QED) is 0.615. The molecule has 0 saturated carbocycles. The molecule has 0 aliphatic carbocycles. The molecule has 1 heterocycles. The predicted molar refractivity (Wildman–Crippen MR) is 46.3 cm³/mol. The van der Waals surface area contributed by atoms with Crippen molar-refractivity contribution in [2.45, 2.75) is 6.42 Å². The van der Waals surface area contributed by atoms with Crippen LogP contribution in [0, 0.1) is 0 Å². The second-order valence-corrected chi connectivity index (χ2v) is 2.74. The minimum absolute atomic E-state index is 0.0108. The second kappa shape index (κ2) is 3.02. The van der Waals surface area contributed by atoms with Crippen LogP contribution in [-0.2, 0) is 6.42 Å². The molecule has 0 radical (unpaired) electrons. The van der Waals surface area contributed by atoms with Gasteiger partial charge in [0.25, 0.3) is 0 Å². The fraction of sp³-hybridized carbons (Fsp3) is 0.250. The number of fused-ring (bicyclic) bond motifs is 1. The van der Waals surface area contributed by atoms with Crippen LogP contribution >= 0.6 is 0 Å². The minimum Gasteiger partial charge on any atom is -0.505 e. The van der Waals surface area contributed by atoms with Gasteiger partial charge < -0.3 is 10.2 Å². The maximum absolute atomic E-state index is 9.64. The fourth-order valence-electron chi connectivity index (χ4n) is 1.26. The number of aromatic nitrogens is 3. The molecule has 0 fully saturated rings. The monoisotopic (exact) mass is 179 g/mol. The molecule has 68 valence electrons. The van der Waals surface area contributed by atoms with Gasteiger partial charge in [0.1, 0.15) is 11.3 Å². The lowest BCUT2D eigenvalue weighted by Crippen LogP contribution is -1.91. The zero-order valence-corrected chi connectivity index (χ0v) is 6.86. The highest BCUT2D eigenvalue weighted by molar-refractivity contribution is 5.81. The summed E-state index contributed by atoms with van der Waals surface area (Å²) in [5.41, 5.74) is 1.76. The average Bonchev–Trinajstić information content (AvgIpc) is 2.58. The number of rotatable bonds is 2. The van der Waals surface area contributed by atoms with Crippen LogP contribution in [0.15, 0.2) is 12.1 Å². The van der Waals surface area contributed by atoms with Crippen molar-refractivity contribution in [2.24, 2.45) is 0 Å². The highest BCUT2D eigenvalue weighted by Crippen LogP contribution is 2.25. The summed E-state index contributed by atoms with van der Waals surface area (Å²) in [7, 11) is 0. The number of aliphatic hydroxyl groups is 1. The van der Waals surface area contributed by atoms with Gasteiger partial charge in [0.15, 0.2) is 5.52 Å². The SMILES string of the molecule is OCCc1ccc2n[nH]nc2c1O. The van der Waals surface area contributed by atoms with Gasteiger partial charge in [-0.05, 0) is 18.1 Å². The standard InChI is InChI=1S/C8H9N3O2/c12-4-3-5-1-2-6-7(8(5)13)10-11-9-6/h1-2,12-13H,3-4H2,(H,9,10,11). The number of hydrogen-bond donors (Lipinski definition) is 3. The number of hydrogen-bond acceptors (Lipinski definition) is 4. The lowest BCUT2D eigenvalue weighted by Gasteiger charge is -2.00. The van der Waals surface area contributed by atoms with E-state index in [1.165, 1.54) is 0 Å². The molecular formula is C8H9N3O2. The van der Waals surface area contributed by atoms with E-state index in [1.54, 1.807) is 12.1 Å². The zero-order chi connectivity index (χ0) is 9.26. The van der Waals surface area contributed by atoms with Crippen LogP contribution in [0.5, 0.6) is 5.75 Å². The Morgan fingerprint density at radius 1 is 1.31 bits per heavy atom. The Labute approximate surface area is 74.0 Å². The summed E-state index contributed by atoms with van der Waals surface area (Å²) < 4.78 is 0. The fourth-order valence-corrected chi connectivity index (χ4v) is 1.26. The van der Waals surface area contributed by atoms with Crippen LogP contribution in [0.1, 0.15) is 5.56 Å². The largest absolute Gasteiger partial charge is 0.505 e. The van der Waals surface area contributed by atoms with Crippen LogP contribution in [-0.4, -0.2) is 32.2 Å². The maximum Gasteiger partial charge on any atom is 0.154 e. The third-order valence-corrected chi connectivity index (χ3v) is 1.93. The van der Waals surface area contributed by atoms with E-state index in [4.69, 9.17) is 5.11 Å². The number of aromatic amines is 1. The second-order valence-electron chi connectivity index (χ2n) is 2.74. The van der Waals surface area contributed by atoms with Crippen molar-refractivity contribution in [2.75, 3.05) is 6.61 Å². The van der Waals surface area contributed by atoms with Gasteiger partial charge in [-0.2, -0.15) is 15.4 Å². The highest BCUT2D eigenvalue weighted by Gasteiger charge is 2.08. The van der Waals surface area contributed by atoms with E-state index in [0.29, 0.717) is 23.0 Å². The van der Waals surface area contributed by atoms with E-state index < -0.39 is 0 Å². The molecule has 0 amide bonds. The summed E-state index contributed by atoms with van der Waals surface area (Å²) in [6.07, 6.45) is 0.425. The van der Waals surface area contributed by atoms with E-state index >= 15 is 0 Å². The van der Waals surface area contributed by atoms with Crippen LogP contribution < -0.4 is 0 Å². The zero-order valence-electron chi connectivity index (χ0n) is 6.86. The summed E-state index contributed by atoms with van der Waals surface area (Å²) >= 11 is 0. The number of nitrogens with one attached hydrogen (secondary N) is 1. The predicted octanol–water partition coefficient (Wildman–Crippen LogP) is 0.198. The normalized spacial score (nSPS) is 10.8. The van der Waals surface area contributed by atoms with E-state index in [1.807, 2.05) is 0 Å². The van der Waals surface area contributed by atoms with Crippen molar-refractivity contribution < 1.29 is 10.2 Å². The smallest absolute Gasteiger partial charge is 0.154 e. The third-order valence-electron chi connectivity index (χ3n) is 1.93. The van der Waals surface area contributed by atoms with Gasteiger partial charge in [0.2, 0.25) is 0 Å². The summed E-state index contributed by atoms with van der Waals surface area (Å²) in [6, 6.07) is 3.49. The van der Waals surface area contributed by atoms with E-state index in [9.17, 15) is 5.11 Å². The first-order chi connectivity index (χ1) is 6.33. The number of phenols is 1. The Hall–Kier alpha value is -1.62. The first-order valence-corrected chi connectivity index (χ1v) is 3.95. The van der Waals surface area contributed by atoms with E-state index in [0.717, 1.165) is 0 Å². The molecule has 0 unspecified atom stereocenters. The summed E-state index contributed by atoms with van der Waals surface area (Å²) in [5, 5.41) is 28.4. The molecule has 0 atom stereocenters. The summed E-state index contributed by atoms with van der Waals surface area (Å²) in [6.45, 7) is 0.0108. The Kier molecular flexibility index (Phi) is 1.86. The van der Waals surface area contributed by atoms with Gasteiger partial charge in [0, 0.05) is 6.61 Å². The van der Waals surface area contributed by atoms with Gasteiger partial charge in [-0.15, -0.1) is 0 Å². The molecule has 1 aromatic heterocycles. The van der Waals surface area contributed by atoms with Crippen LogP contribution in [0.4, 0.5) is 0 Å². The molecule has 0 aliphatic rings. The molecule has 0 bridgehead atoms. The Morgan fingerprint density at radius 2 is 2.15 bits per heavy atom. The minimum atomic E-state index is 0.0108. The van der Waals surface area contributed by atoms with Gasteiger partial charge in [-0.25, -0.2) is 0 Å². The molecule has 2 rings (SSSR count). The molecule has 0 spiro atoms. The number of H-pyrrole nitrogens is 1. The molecule has 0 aliphatic heterocycles. The number of nitrogens with zero attached hydrogens (tertiary/aromatic N) is 2. The van der Waals surface area contributed by atoms with Crippen molar-refractivity contribution >= 4 is 11.0 Å². The summed E-state index contributed by atoms with van der Waals surface area (Å²) in [5.74, 6) is 0.0975. The molecule has 5 heteroatoms. The van der Waals surface area contributed by atoms with Crippen LogP contribution in [0.2, 0.25) is 0 Å². The molecular weight excluding hydrogens is 170 g/mol. The number of benzene rings is 1. The number of aliphatic hydroxyl groups excluding tert-OH is 1. The molecule has 0 saturated heterocycles. The Bertz CT molecular complexity index is 424. The first kappa shape index (κ1) is 8.00. The molecule has 2 aromatic rings. The van der Waals surface area contributed by atoms with Gasteiger partial charge in [-0.1, -0.05) is 6.07 Å². The molecule has 5 nitrogen and oxygen atoms in total. The Morgan fingerprint density at radius 3 is 2.92 bits per heavy atom. The summed E-state index contributed by atoms with van der Waals surface area (Å²) in [4.78, 5) is 0. The highest BCUT2D eigenvalue weighted by atomic mass is 16.3. The van der Waals surface area contributed by atoms with Gasteiger partial charge >= 0.3 is 0 Å². The lowest BCUT2D eigenvalue weighted by atomic mass is 10.1. The van der Waals surface area contributed by atoms with Crippen molar-refractivity contribution in [3.05, 3.63) is 17.7 Å². The topological polar surface area (TPSA) is 82.0 Å². The first-order valence-electron chi connectivity index (χ1n) is 3.95. The van der Waals surface area contributed by atoms with Crippen LogP contribution in [0.3, 0.4) is 0 Å². The molecule has 3 N–H and O–H groups in total. The van der Waals surface area contributed by atoms with Crippen molar-refractivity contribution in [3.8, 4) is 5.75 Å². The van der Waals surface area contributed by atoms with E-state index in [2.05, 4.69) is 15.4 Å². The third kappa shape index (κ3) is 1.23. The van der Waals surface area contributed by atoms with Crippen molar-refractivity contribution in [1.29, 1.82) is 0 Å². The molecule has 13 heavy (non-hydrogen) atoms. The maximum atomic E-state index is 9.64. The average molecular weight is 179 g/mol.